The van der Waals surface area contributed by atoms with Crippen LogP contribution >= 0.6 is 0 Å². The lowest BCUT2D eigenvalue weighted by atomic mass is 10.1. The zero-order valence-corrected chi connectivity index (χ0v) is 11.7. The van der Waals surface area contributed by atoms with Gasteiger partial charge in [0.1, 0.15) is 0 Å². The zero-order valence-electron chi connectivity index (χ0n) is 11.7. The van der Waals surface area contributed by atoms with Crippen molar-refractivity contribution >= 4 is 11.7 Å². The second kappa shape index (κ2) is 5.86. The number of hydrogen-bond acceptors (Lipinski definition) is 4. The van der Waals surface area contributed by atoms with Crippen molar-refractivity contribution in [1.29, 1.82) is 0 Å². The van der Waals surface area contributed by atoms with E-state index in [-0.39, 0.29) is 5.56 Å². The standard InChI is InChI=1S/C13H21N5O/c1-4-5-10-8-11(19)18-13(15-10)16-12(17-18)14-7-6-9(2)3/h8-9H,4-7H2,1-3H3,(H2,14,15,16,17). The summed E-state index contributed by atoms with van der Waals surface area (Å²) in [5.74, 6) is 1.66. The van der Waals surface area contributed by atoms with Gasteiger partial charge in [-0.05, 0) is 18.8 Å². The highest BCUT2D eigenvalue weighted by Crippen LogP contribution is 2.05. The first kappa shape index (κ1) is 13.6. The lowest BCUT2D eigenvalue weighted by Crippen LogP contribution is -2.15. The topological polar surface area (TPSA) is 75.1 Å². The predicted octanol–water partition coefficient (Wildman–Crippen LogP) is 1.83. The minimum atomic E-state index is -0.113. The molecule has 6 nitrogen and oxygen atoms in total. The summed E-state index contributed by atoms with van der Waals surface area (Å²) in [5.41, 5.74) is 0.686. The van der Waals surface area contributed by atoms with Gasteiger partial charge in [0.25, 0.3) is 11.3 Å². The molecule has 0 saturated carbocycles. The zero-order chi connectivity index (χ0) is 13.8. The Labute approximate surface area is 112 Å². The molecule has 2 aromatic rings. The third-order valence-electron chi connectivity index (χ3n) is 2.90. The maximum Gasteiger partial charge on any atom is 0.274 e. The second-order valence-corrected chi connectivity index (χ2v) is 5.15. The van der Waals surface area contributed by atoms with Crippen molar-refractivity contribution in [2.75, 3.05) is 11.9 Å². The second-order valence-electron chi connectivity index (χ2n) is 5.15. The minimum absolute atomic E-state index is 0.113. The van der Waals surface area contributed by atoms with Crippen LogP contribution in [0.25, 0.3) is 5.78 Å². The predicted molar refractivity (Wildman–Crippen MR) is 75.5 cm³/mol. The molecule has 0 atom stereocenters. The first-order valence-electron chi connectivity index (χ1n) is 6.82. The third-order valence-corrected chi connectivity index (χ3v) is 2.90. The van der Waals surface area contributed by atoms with Crippen LogP contribution in [0, 0.1) is 5.92 Å². The molecule has 2 heterocycles. The van der Waals surface area contributed by atoms with Crippen molar-refractivity contribution in [2.24, 2.45) is 5.92 Å². The van der Waals surface area contributed by atoms with E-state index in [0.717, 1.165) is 31.5 Å². The van der Waals surface area contributed by atoms with Crippen LogP contribution < -0.4 is 10.9 Å². The van der Waals surface area contributed by atoms with Crippen LogP contribution in [0.5, 0.6) is 0 Å². The number of aryl methyl sites for hydroxylation is 1. The molecular weight excluding hydrogens is 242 g/mol. The lowest BCUT2D eigenvalue weighted by Gasteiger charge is -2.04. The van der Waals surface area contributed by atoms with E-state index in [4.69, 9.17) is 0 Å². The van der Waals surface area contributed by atoms with E-state index in [2.05, 4.69) is 41.2 Å². The molecule has 2 rings (SSSR count). The molecule has 0 bridgehead atoms. The SMILES string of the molecule is CCCc1cc(=O)n2[nH]c(NCCC(C)C)nc2n1. The maximum atomic E-state index is 11.9. The number of fused-ring (bicyclic) bond motifs is 1. The Morgan fingerprint density at radius 3 is 2.89 bits per heavy atom. The molecule has 19 heavy (non-hydrogen) atoms. The molecule has 0 spiro atoms. The summed E-state index contributed by atoms with van der Waals surface area (Å²) in [6.07, 6.45) is 2.82. The number of aromatic nitrogens is 4. The van der Waals surface area contributed by atoms with Gasteiger partial charge in [0.15, 0.2) is 0 Å². The fraction of sp³-hybridized carbons (Fsp3) is 0.615. The smallest absolute Gasteiger partial charge is 0.274 e. The van der Waals surface area contributed by atoms with E-state index in [1.807, 2.05) is 0 Å². The average Bonchev–Trinajstić information content (AvgIpc) is 2.72. The van der Waals surface area contributed by atoms with E-state index in [0.29, 0.717) is 17.6 Å². The molecule has 0 radical (unpaired) electrons. The molecule has 0 amide bonds. The molecule has 0 aliphatic carbocycles. The molecule has 6 heteroatoms. The Hall–Kier alpha value is -1.85. The van der Waals surface area contributed by atoms with Crippen molar-refractivity contribution in [3.63, 3.8) is 0 Å². The van der Waals surface area contributed by atoms with E-state index in [9.17, 15) is 4.79 Å². The van der Waals surface area contributed by atoms with E-state index in [1.165, 1.54) is 4.52 Å². The van der Waals surface area contributed by atoms with Gasteiger partial charge < -0.3 is 5.32 Å². The molecule has 0 saturated heterocycles. The van der Waals surface area contributed by atoms with Gasteiger partial charge in [-0.3, -0.25) is 9.89 Å². The molecule has 104 valence electrons. The van der Waals surface area contributed by atoms with E-state index < -0.39 is 0 Å². The lowest BCUT2D eigenvalue weighted by molar-refractivity contribution is 0.606. The normalized spacial score (nSPS) is 11.4. The van der Waals surface area contributed by atoms with Gasteiger partial charge in [0.2, 0.25) is 5.95 Å². The van der Waals surface area contributed by atoms with Crippen molar-refractivity contribution in [3.8, 4) is 0 Å². The summed E-state index contributed by atoms with van der Waals surface area (Å²) in [5, 5.41) is 6.10. The van der Waals surface area contributed by atoms with Crippen LogP contribution in [0.15, 0.2) is 10.9 Å². The molecule has 2 N–H and O–H groups in total. The van der Waals surface area contributed by atoms with Crippen LogP contribution in [-0.4, -0.2) is 26.1 Å². The van der Waals surface area contributed by atoms with Gasteiger partial charge in [0, 0.05) is 12.6 Å². The van der Waals surface area contributed by atoms with Crippen molar-refractivity contribution in [3.05, 3.63) is 22.1 Å². The Bertz CT molecular complexity index is 599. The van der Waals surface area contributed by atoms with Gasteiger partial charge >= 0.3 is 0 Å². The first-order valence-corrected chi connectivity index (χ1v) is 6.82. The van der Waals surface area contributed by atoms with Gasteiger partial charge in [-0.1, -0.05) is 27.2 Å². The highest BCUT2D eigenvalue weighted by Gasteiger charge is 2.07. The van der Waals surface area contributed by atoms with Crippen LogP contribution in [0.1, 0.15) is 39.3 Å². The molecule has 0 aliphatic rings. The molecule has 0 fully saturated rings. The van der Waals surface area contributed by atoms with Crippen LogP contribution in [0.2, 0.25) is 0 Å². The summed E-state index contributed by atoms with van der Waals surface area (Å²) in [4.78, 5) is 20.6. The van der Waals surface area contributed by atoms with E-state index >= 15 is 0 Å². The monoisotopic (exact) mass is 263 g/mol. The number of nitrogens with one attached hydrogen (secondary N) is 2. The fourth-order valence-electron chi connectivity index (χ4n) is 1.87. The Balaban J connectivity index is 2.20. The van der Waals surface area contributed by atoms with Gasteiger partial charge in [-0.25, -0.2) is 4.98 Å². The van der Waals surface area contributed by atoms with Crippen LogP contribution in [0.3, 0.4) is 0 Å². The maximum absolute atomic E-state index is 11.9. The quantitative estimate of drug-likeness (QED) is 0.833. The number of aromatic amines is 1. The van der Waals surface area contributed by atoms with E-state index in [1.54, 1.807) is 6.07 Å². The van der Waals surface area contributed by atoms with Crippen molar-refractivity contribution in [2.45, 2.75) is 40.0 Å². The summed E-state index contributed by atoms with van der Waals surface area (Å²) in [7, 11) is 0. The number of rotatable bonds is 6. The summed E-state index contributed by atoms with van der Waals surface area (Å²) < 4.78 is 1.37. The Morgan fingerprint density at radius 1 is 1.42 bits per heavy atom. The van der Waals surface area contributed by atoms with Gasteiger partial charge in [-0.2, -0.15) is 9.50 Å². The minimum Gasteiger partial charge on any atom is -0.355 e. The highest BCUT2D eigenvalue weighted by molar-refractivity contribution is 5.37. The summed E-state index contributed by atoms with van der Waals surface area (Å²) in [6, 6.07) is 1.56. The summed E-state index contributed by atoms with van der Waals surface area (Å²) in [6.45, 7) is 7.23. The van der Waals surface area contributed by atoms with Gasteiger partial charge in [-0.15, -0.1) is 0 Å². The molecule has 0 unspecified atom stereocenters. The Kier molecular flexibility index (Phi) is 4.19. The Morgan fingerprint density at radius 2 is 2.21 bits per heavy atom. The van der Waals surface area contributed by atoms with Crippen LogP contribution in [-0.2, 0) is 6.42 Å². The van der Waals surface area contributed by atoms with Crippen LogP contribution in [0.4, 0.5) is 5.95 Å². The highest BCUT2D eigenvalue weighted by atomic mass is 16.1. The number of H-pyrrole nitrogens is 1. The number of nitrogens with zero attached hydrogens (tertiary/aromatic N) is 3. The third kappa shape index (κ3) is 3.33. The number of hydrogen-bond donors (Lipinski definition) is 2. The average molecular weight is 263 g/mol. The first-order chi connectivity index (χ1) is 9.10. The molecule has 0 aliphatic heterocycles. The van der Waals surface area contributed by atoms with Gasteiger partial charge in [0.05, 0.1) is 5.69 Å². The van der Waals surface area contributed by atoms with Crippen molar-refractivity contribution in [1.82, 2.24) is 19.6 Å². The summed E-state index contributed by atoms with van der Waals surface area (Å²) >= 11 is 0. The largest absolute Gasteiger partial charge is 0.355 e. The molecule has 0 aromatic carbocycles. The number of anilines is 1. The molecular formula is C13H21N5O. The van der Waals surface area contributed by atoms with Crippen molar-refractivity contribution < 1.29 is 0 Å². The molecule has 2 aromatic heterocycles. The fourth-order valence-corrected chi connectivity index (χ4v) is 1.87.